The fourth-order valence-corrected chi connectivity index (χ4v) is 0.698. The van der Waals surface area contributed by atoms with E-state index in [9.17, 15) is 9.18 Å². The van der Waals surface area contributed by atoms with Crippen LogP contribution < -0.4 is 5.43 Å². The molecule has 0 amide bonds. The average Bonchev–Trinajstić information content (AvgIpc) is 1.93. The van der Waals surface area contributed by atoms with Gasteiger partial charge in [-0.05, 0) is 6.92 Å². The zero-order valence-electron chi connectivity index (χ0n) is 5.89. The highest BCUT2D eigenvalue weighted by atomic mass is 19.1. The quantitative estimate of drug-likeness (QED) is 0.524. The molecule has 0 bridgehead atoms. The van der Waals surface area contributed by atoms with Crippen LogP contribution in [-0.2, 0) is 7.05 Å². The van der Waals surface area contributed by atoms with Crippen LogP contribution in [0.4, 0.5) is 4.39 Å². The Bertz CT molecular complexity index is 303. The molecule has 1 aromatic heterocycles. The zero-order valence-corrected chi connectivity index (χ0v) is 5.89. The lowest BCUT2D eigenvalue weighted by molar-refractivity contribution is 0.582. The van der Waals surface area contributed by atoms with E-state index in [2.05, 4.69) is 0 Å². The van der Waals surface area contributed by atoms with Crippen molar-refractivity contribution in [3.05, 3.63) is 34.0 Å². The minimum Gasteiger partial charge on any atom is -0.352 e. The maximum atomic E-state index is 12.7. The van der Waals surface area contributed by atoms with Crippen molar-refractivity contribution in [1.29, 1.82) is 0 Å². The molecule has 1 heterocycles. The molecular weight excluding hydrogens is 133 g/mol. The fourth-order valence-electron chi connectivity index (χ4n) is 0.698. The number of hydrogen-bond donors (Lipinski definition) is 0. The van der Waals surface area contributed by atoms with E-state index in [4.69, 9.17) is 0 Å². The molecule has 0 fully saturated rings. The first-order chi connectivity index (χ1) is 4.63. The third-order valence-electron chi connectivity index (χ3n) is 1.51. The minimum absolute atomic E-state index is 0.368. The van der Waals surface area contributed by atoms with Crippen LogP contribution in [-0.4, -0.2) is 4.57 Å². The van der Waals surface area contributed by atoms with Gasteiger partial charge in [0.05, 0.1) is 5.69 Å². The van der Waals surface area contributed by atoms with Crippen molar-refractivity contribution in [2.24, 2.45) is 7.05 Å². The first-order valence-corrected chi connectivity index (χ1v) is 2.94. The molecule has 2 nitrogen and oxygen atoms in total. The Morgan fingerprint density at radius 3 is 2.70 bits per heavy atom. The molecule has 54 valence electrons. The van der Waals surface area contributed by atoms with Gasteiger partial charge in [0.15, 0.2) is 5.82 Å². The summed E-state index contributed by atoms with van der Waals surface area (Å²) in [6, 6.07) is 1.21. The van der Waals surface area contributed by atoms with Gasteiger partial charge in [0.25, 0.3) is 0 Å². The molecule has 0 saturated carbocycles. The molecule has 0 N–H and O–H groups in total. The molecule has 3 heteroatoms. The summed E-state index contributed by atoms with van der Waals surface area (Å²) < 4.78 is 14.2. The third kappa shape index (κ3) is 0.943. The zero-order chi connectivity index (χ0) is 7.72. The number of aromatic nitrogens is 1. The molecule has 0 unspecified atom stereocenters. The standard InChI is InChI=1S/C7H8FNO/c1-5-7(8)6(10)3-4-9(5)2/h3-4H,1-2H3. The van der Waals surface area contributed by atoms with Crippen molar-refractivity contribution in [2.45, 2.75) is 6.92 Å². The van der Waals surface area contributed by atoms with Crippen molar-refractivity contribution < 1.29 is 4.39 Å². The van der Waals surface area contributed by atoms with Gasteiger partial charge in [0.1, 0.15) is 0 Å². The van der Waals surface area contributed by atoms with E-state index in [0.717, 1.165) is 0 Å². The molecule has 0 saturated heterocycles. The summed E-state index contributed by atoms with van der Waals surface area (Å²) in [4.78, 5) is 10.6. The number of nitrogens with zero attached hydrogens (tertiary/aromatic N) is 1. The first kappa shape index (κ1) is 6.99. The summed E-state index contributed by atoms with van der Waals surface area (Å²) in [6.45, 7) is 1.57. The topological polar surface area (TPSA) is 22.0 Å². The largest absolute Gasteiger partial charge is 0.352 e. The monoisotopic (exact) mass is 141 g/mol. The molecule has 1 rings (SSSR count). The second-order valence-electron chi connectivity index (χ2n) is 2.19. The van der Waals surface area contributed by atoms with Crippen molar-refractivity contribution in [2.75, 3.05) is 0 Å². The summed E-state index contributed by atoms with van der Waals surface area (Å²) in [5.74, 6) is -0.662. The molecule has 1 aromatic rings. The normalized spacial score (nSPS) is 9.90. The van der Waals surface area contributed by atoms with Gasteiger partial charge in [-0.25, -0.2) is 4.39 Å². The van der Waals surface area contributed by atoms with Crippen LogP contribution in [0.1, 0.15) is 5.69 Å². The van der Waals surface area contributed by atoms with Gasteiger partial charge in [0.2, 0.25) is 5.43 Å². The summed E-state index contributed by atoms with van der Waals surface area (Å²) in [5.41, 5.74) is -0.178. The summed E-state index contributed by atoms with van der Waals surface area (Å²) in [7, 11) is 1.69. The predicted octanol–water partition coefficient (Wildman–Crippen LogP) is 0.833. The van der Waals surface area contributed by atoms with E-state index < -0.39 is 11.2 Å². The first-order valence-electron chi connectivity index (χ1n) is 2.94. The van der Waals surface area contributed by atoms with Crippen LogP contribution in [0.15, 0.2) is 17.1 Å². The number of rotatable bonds is 0. The van der Waals surface area contributed by atoms with Gasteiger partial charge in [0, 0.05) is 19.3 Å². The van der Waals surface area contributed by atoms with Gasteiger partial charge in [-0.2, -0.15) is 0 Å². The Balaban J connectivity index is 3.49. The van der Waals surface area contributed by atoms with Crippen molar-refractivity contribution in [3.8, 4) is 0 Å². The molecule has 0 aromatic carbocycles. The second kappa shape index (κ2) is 2.25. The molecule has 0 aliphatic rings. The minimum atomic E-state index is -0.662. The SMILES string of the molecule is Cc1c(F)c(=O)ccn1C. The highest BCUT2D eigenvalue weighted by Gasteiger charge is 2.01. The van der Waals surface area contributed by atoms with Gasteiger partial charge in [-0.3, -0.25) is 4.79 Å². The smallest absolute Gasteiger partial charge is 0.217 e. The van der Waals surface area contributed by atoms with Crippen LogP contribution in [0, 0.1) is 12.7 Å². The van der Waals surface area contributed by atoms with Crippen molar-refractivity contribution in [3.63, 3.8) is 0 Å². The lowest BCUT2D eigenvalue weighted by Crippen LogP contribution is -2.11. The average molecular weight is 141 g/mol. The van der Waals surface area contributed by atoms with Crippen molar-refractivity contribution >= 4 is 0 Å². The Morgan fingerprint density at radius 2 is 2.20 bits per heavy atom. The second-order valence-corrected chi connectivity index (χ2v) is 2.19. The summed E-state index contributed by atoms with van der Waals surface area (Å²) in [6.07, 6.45) is 1.54. The van der Waals surface area contributed by atoms with Gasteiger partial charge >= 0.3 is 0 Å². The van der Waals surface area contributed by atoms with Gasteiger partial charge in [-0.15, -0.1) is 0 Å². The number of hydrogen-bond acceptors (Lipinski definition) is 1. The van der Waals surface area contributed by atoms with Gasteiger partial charge in [-0.1, -0.05) is 0 Å². The van der Waals surface area contributed by atoms with E-state index in [1.807, 2.05) is 0 Å². The fraction of sp³-hybridized carbons (Fsp3) is 0.286. The maximum absolute atomic E-state index is 12.7. The van der Waals surface area contributed by atoms with Crippen LogP contribution in [0.25, 0.3) is 0 Å². The van der Waals surface area contributed by atoms with Crippen molar-refractivity contribution in [1.82, 2.24) is 4.57 Å². The maximum Gasteiger partial charge on any atom is 0.217 e. The summed E-state index contributed by atoms with van der Waals surface area (Å²) in [5, 5.41) is 0. The van der Waals surface area contributed by atoms with E-state index in [1.165, 1.54) is 6.07 Å². The van der Waals surface area contributed by atoms with E-state index in [1.54, 1.807) is 24.7 Å². The van der Waals surface area contributed by atoms with Crippen LogP contribution in [0.5, 0.6) is 0 Å². The Labute approximate surface area is 57.9 Å². The lowest BCUT2D eigenvalue weighted by atomic mass is 10.3. The van der Waals surface area contributed by atoms with Crippen LogP contribution in [0.3, 0.4) is 0 Å². The highest BCUT2D eigenvalue weighted by Crippen LogP contribution is 1.96. The Morgan fingerprint density at radius 1 is 1.60 bits per heavy atom. The highest BCUT2D eigenvalue weighted by molar-refractivity contribution is 5.07. The molecular formula is C7H8FNO. The van der Waals surface area contributed by atoms with E-state index in [-0.39, 0.29) is 0 Å². The Hall–Kier alpha value is -1.12. The van der Waals surface area contributed by atoms with Gasteiger partial charge < -0.3 is 4.57 Å². The van der Waals surface area contributed by atoms with E-state index in [0.29, 0.717) is 5.69 Å². The molecule has 0 aliphatic heterocycles. The summed E-state index contributed by atoms with van der Waals surface area (Å²) >= 11 is 0. The third-order valence-corrected chi connectivity index (χ3v) is 1.51. The van der Waals surface area contributed by atoms with E-state index >= 15 is 0 Å². The number of aryl methyl sites for hydroxylation is 1. The van der Waals surface area contributed by atoms with Crippen LogP contribution in [0.2, 0.25) is 0 Å². The molecule has 0 spiro atoms. The molecule has 0 atom stereocenters. The van der Waals surface area contributed by atoms with Crippen LogP contribution >= 0.6 is 0 Å². The molecule has 0 radical (unpaired) electrons. The molecule has 0 aliphatic carbocycles. The number of pyridine rings is 1. The lowest BCUT2D eigenvalue weighted by Gasteiger charge is -2.01. The predicted molar refractivity (Wildman–Crippen MR) is 36.4 cm³/mol. The number of halogens is 1. The molecule has 10 heavy (non-hydrogen) atoms. The Kier molecular flexibility index (Phi) is 1.57.